The molecule has 0 aliphatic heterocycles. The van der Waals surface area contributed by atoms with E-state index < -0.39 is 0 Å². The Balaban J connectivity index is 1.63. The average Bonchev–Trinajstić information content (AvgIpc) is 3.20. The molecule has 0 saturated heterocycles. The maximum atomic E-state index is 6.20. The Hall–Kier alpha value is -1.79. The van der Waals surface area contributed by atoms with Gasteiger partial charge >= 0.3 is 0 Å². The van der Waals surface area contributed by atoms with E-state index in [9.17, 15) is 0 Å². The fourth-order valence-corrected chi connectivity index (χ4v) is 3.03. The molecule has 4 rings (SSSR count). The third-order valence-corrected chi connectivity index (χ3v) is 4.59. The molecule has 6 nitrogen and oxygen atoms in total. The van der Waals surface area contributed by atoms with Crippen LogP contribution in [0.5, 0.6) is 0 Å². The van der Waals surface area contributed by atoms with E-state index >= 15 is 0 Å². The maximum absolute atomic E-state index is 6.20. The number of anilines is 2. The Morgan fingerprint density at radius 1 is 1.30 bits per heavy atom. The first-order chi connectivity index (χ1) is 11.1. The number of nitrogens with one attached hydrogen (secondary N) is 1. The van der Waals surface area contributed by atoms with Gasteiger partial charge in [0.15, 0.2) is 5.15 Å². The number of hydrogen-bond acceptors (Lipinski definition) is 4. The van der Waals surface area contributed by atoms with Gasteiger partial charge in [-0.25, -0.2) is 4.98 Å². The summed E-state index contributed by atoms with van der Waals surface area (Å²) in [6.45, 7) is 3.75. The molecule has 1 aliphatic rings. The molecule has 3 aromatic rings. The standard InChI is InChI=1S/C15H16Cl2N6/c1-2-22-7-11(16)10-5-18-15(20-14(10)22)19-12-8-23(21-13(12)17)6-9-3-4-9/h5,7-9H,2-4,6H2,1H3,(H,18,19,20). The van der Waals surface area contributed by atoms with Crippen LogP contribution in [-0.4, -0.2) is 24.3 Å². The van der Waals surface area contributed by atoms with Gasteiger partial charge in [0, 0.05) is 25.5 Å². The van der Waals surface area contributed by atoms with Crippen molar-refractivity contribution in [1.29, 1.82) is 0 Å². The van der Waals surface area contributed by atoms with Gasteiger partial charge in [-0.15, -0.1) is 0 Å². The predicted octanol–water partition coefficient (Wildman–Crippen LogP) is 4.11. The Morgan fingerprint density at radius 3 is 2.87 bits per heavy atom. The maximum Gasteiger partial charge on any atom is 0.229 e. The summed E-state index contributed by atoms with van der Waals surface area (Å²) in [6, 6.07) is 0. The highest BCUT2D eigenvalue weighted by Crippen LogP contribution is 2.32. The summed E-state index contributed by atoms with van der Waals surface area (Å²) >= 11 is 12.4. The number of hydrogen-bond donors (Lipinski definition) is 1. The molecule has 3 aromatic heterocycles. The van der Waals surface area contributed by atoms with Crippen LogP contribution in [0.3, 0.4) is 0 Å². The van der Waals surface area contributed by atoms with Crippen LogP contribution in [0.15, 0.2) is 18.6 Å². The van der Waals surface area contributed by atoms with E-state index in [0.29, 0.717) is 21.8 Å². The third-order valence-electron chi connectivity index (χ3n) is 4.01. The molecule has 120 valence electrons. The van der Waals surface area contributed by atoms with Crippen molar-refractivity contribution in [3.05, 3.63) is 28.8 Å². The zero-order valence-electron chi connectivity index (χ0n) is 12.6. The third kappa shape index (κ3) is 2.88. The highest BCUT2D eigenvalue weighted by molar-refractivity contribution is 6.35. The summed E-state index contributed by atoms with van der Waals surface area (Å²) in [5.74, 6) is 1.22. The van der Waals surface area contributed by atoms with Gasteiger partial charge in [-0.2, -0.15) is 10.1 Å². The Morgan fingerprint density at radius 2 is 2.13 bits per heavy atom. The largest absolute Gasteiger partial charge is 0.331 e. The molecule has 0 atom stereocenters. The number of rotatable bonds is 5. The van der Waals surface area contributed by atoms with Gasteiger partial charge in [-0.1, -0.05) is 23.2 Å². The second-order valence-electron chi connectivity index (χ2n) is 5.82. The van der Waals surface area contributed by atoms with Gasteiger partial charge in [-0.3, -0.25) is 4.68 Å². The van der Waals surface area contributed by atoms with E-state index in [0.717, 1.165) is 30.0 Å². The topological polar surface area (TPSA) is 60.6 Å². The highest BCUT2D eigenvalue weighted by atomic mass is 35.5. The Labute approximate surface area is 143 Å². The van der Waals surface area contributed by atoms with Crippen LogP contribution in [0.4, 0.5) is 11.6 Å². The minimum Gasteiger partial charge on any atom is -0.331 e. The van der Waals surface area contributed by atoms with Gasteiger partial charge in [-0.05, 0) is 25.7 Å². The molecule has 0 amide bonds. The van der Waals surface area contributed by atoms with Crippen LogP contribution in [0.1, 0.15) is 19.8 Å². The second kappa shape index (κ2) is 5.69. The molecule has 0 unspecified atom stereocenters. The van der Waals surface area contributed by atoms with Crippen molar-refractivity contribution in [3.8, 4) is 0 Å². The molecule has 0 radical (unpaired) electrons. The summed E-state index contributed by atoms with van der Waals surface area (Å²) < 4.78 is 3.87. The van der Waals surface area contributed by atoms with Gasteiger partial charge < -0.3 is 9.88 Å². The van der Waals surface area contributed by atoms with Crippen molar-refractivity contribution in [2.75, 3.05) is 5.32 Å². The van der Waals surface area contributed by atoms with Gasteiger partial charge in [0.25, 0.3) is 0 Å². The van der Waals surface area contributed by atoms with Crippen LogP contribution in [0, 0.1) is 5.92 Å². The average molecular weight is 351 g/mol. The van der Waals surface area contributed by atoms with E-state index in [2.05, 4.69) is 20.4 Å². The van der Waals surface area contributed by atoms with Crippen molar-refractivity contribution >= 4 is 45.9 Å². The fraction of sp³-hybridized carbons (Fsp3) is 0.400. The molecule has 3 heterocycles. The summed E-state index contributed by atoms with van der Waals surface area (Å²) in [6.07, 6.45) is 8.04. The first-order valence-corrected chi connectivity index (χ1v) is 8.41. The minimum atomic E-state index is 0.429. The number of halogens is 2. The molecule has 1 N–H and O–H groups in total. The summed E-state index contributed by atoms with van der Waals surface area (Å²) in [7, 11) is 0. The van der Waals surface area contributed by atoms with Crippen LogP contribution < -0.4 is 5.32 Å². The number of aryl methyl sites for hydroxylation is 1. The predicted molar refractivity (Wildman–Crippen MR) is 91.5 cm³/mol. The van der Waals surface area contributed by atoms with E-state index in [-0.39, 0.29) is 0 Å². The van der Waals surface area contributed by atoms with Crippen LogP contribution in [-0.2, 0) is 13.1 Å². The van der Waals surface area contributed by atoms with Crippen molar-refractivity contribution in [2.45, 2.75) is 32.9 Å². The van der Waals surface area contributed by atoms with Crippen LogP contribution >= 0.6 is 23.2 Å². The van der Waals surface area contributed by atoms with Crippen LogP contribution in [0.2, 0.25) is 10.2 Å². The first kappa shape index (κ1) is 14.8. The molecule has 1 saturated carbocycles. The Kier molecular flexibility index (Phi) is 3.66. The first-order valence-electron chi connectivity index (χ1n) is 7.65. The lowest BCUT2D eigenvalue weighted by Crippen LogP contribution is -2.00. The number of fused-ring (bicyclic) bond motifs is 1. The number of nitrogens with zero attached hydrogens (tertiary/aromatic N) is 5. The summed E-state index contributed by atoms with van der Waals surface area (Å²) in [5, 5.41) is 9.40. The van der Waals surface area contributed by atoms with Crippen molar-refractivity contribution in [2.24, 2.45) is 5.92 Å². The molecule has 8 heteroatoms. The van der Waals surface area contributed by atoms with E-state index in [4.69, 9.17) is 23.2 Å². The van der Waals surface area contributed by atoms with Gasteiger partial charge in [0.2, 0.25) is 5.95 Å². The lowest BCUT2D eigenvalue weighted by molar-refractivity contribution is 0.563. The zero-order valence-corrected chi connectivity index (χ0v) is 14.1. The Bertz CT molecular complexity index is 864. The molecule has 1 fully saturated rings. The quantitative estimate of drug-likeness (QED) is 0.752. The van der Waals surface area contributed by atoms with E-state index in [1.165, 1.54) is 12.8 Å². The monoisotopic (exact) mass is 350 g/mol. The smallest absolute Gasteiger partial charge is 0.229 e. The normalized spacial score (nSPS) is 14.6. The fourth-order valence-electron chi connectivity index (χ4n) is 2.59. The second-order valence-corrected chi connectivity index (χ2v) is 6.58. The van der Waals surface area contributed by atoms with E-state index in [1.807, 2.05) is 28.6 Å². The highest BCUT2D eigenvalue weighted by Gasteiger charge is 2.22. The zero-order chi connectivity index (χ0) is 16.0. The lowest BCUT2D eigenvalue weighted by Gasteiger charge is -2.04. The molecule has 0 spiro atoms. The molecule has 0 bridgehead atoms. The van der Waals surface area contributed by atoms with Gasteiger partial charge in [0.05, 0.1) is 22.3 Å². The van der Waals surface area contributed by atoms with Crippen molar-refractivity contribution in [3.63, 3.8) is 0 Å². The molecule has 23 heavy (non-hydrogen) atoms. The molecular weight excluding hydrogens is 335 g/mol. The SMILES string of the molecule is CCn1cc(Cl)c2cnc(Nc3cn(CC4CC4)nc3Cl)nc21. The lowest BCUT2D eigenvalue weighted by atomic mass is 10.4. The van der Waals surface area contributed by atoms with Crippen molar-refractivity contribution in [1.82, 2.24) is 24.3 Å². The minimum absolute atomic E-state index is 0.429. The summed E-state index contributed by atoms with van der Waals surface area (Å²) in [5.41, 5.74) is 1.52. The molecule has 0 aromatic carbocycles. The molecular formula is C15H16Cl2N6. The van der Waals surface area contributed by atoms with Crippen LogP contribution in [0.25, 0.3) is 11.0 Å². The van der Waals surface area contributed by atoms with Gasteiger partial charge in [0.1, 0.15) is 5.65 Å². The summed E-state index contributed by atoms with van der Waals surface area (Å²) in [4.78, 5) is 8.86. The van der Waals surface area contributed by atoms with E-state index in [1.54, 1.807) is 6.20 Å². The van der Waals surface area contributed by atoms with Crippen molar-refractivity contribution < 1.29 is 0 Å². The molecule has 1 aliphatic carbocycles. The number of aromatic nitrogens is 5.